The Morgan fingerprint density at radius 3 is 1.76 bits per heavy atom. The van der Waals surface area contributed by atoms with Crippen LogP contribution in [0.2, 0.25) is 0 Å². The first kappa shape index (κ1) is 16.7. The minimum Gasteiger partial charge on any atom is -0.313 e. The Hall–Kier alpha value is -2.38. The highest BCUT2D eigenvalue weighted by atomic mass is 17.0. The summed E-state index contributed by atoms with van der Waals surface area (Å²) in [5.41, 5.74) is 1.75. The Morgan fingerprint density at radius 1 is 1.00 bits per heavy atom. The van der Waals surface area contributed by atoms with E-state index >= 15 is 0 Å². The molecule has 0 aliphatic heterocycles. The summed E-state index contributed by atoms with van der Waals surface area (Å²) in [6.45, 7) is 5.59. The van der Waals surface area contributed by atoms with Gasteiger partial charge in [-0.05, 0) is 16.5 Å². The van der Waals surface area contributed by atoms with Crippen LogP contribution in [0, 0.1) is 20.2 Å². The van der Waals surface area contributed by atoms with Crippen molar-refractivity contribution in [2.75, 3.05) is 13.2 Å². The fourth-order valence-electron chi connectivity index (χ4n) is 1.80. The Bertz CT molecular complexity index is 476. The molecule has 21 heavy (non-hydrogen) atoms. The van der Waals surface area contributed by atoms with Crippen LogP contribution in [-0.2, 0) is 15.1 Å². The van der Waals surface area contributed by atoms with E-state index in [1.165, 1.54) is 0 Å². The Balaban J connectivity index is 2.85. The molecule has 8 heteroatoms. The zero-order valence-corrected chi connectivity index (χ0v) is 12.1. The van der Waals surface area contributed by atoms with Crippen molar-refractivity contribution in [1.82, 2.24) is 0 Å². The van der Waals surface area contributed by atoms with E-state index in [4.69, 9.17) is 0 Å². The van der Waals surface area contributed by atoms with Crippen molar-refractivity contribution in [3.8, 4) is 0 Å². The van der Waals surface area contributed by atoms with Crippen molar-refractivity contribution in [2.45, 2.75) is 32.1 Å². The van der Waals surface area contributed by atoms with Crippen LogP contribution in [0.4, 0.5) is 0 Å². The lowest BCUT2D eigenvalue weighted by Gasteiger charge is -2.21. The molecule has 0 aromatic heterocycles. The van der Waals surface area contributed by atoms with E-state index in [0.29, 0.717) is 5.56 Å². The van der Waals surface area contributed by atoms with Gasteiger partial charge in [-0.2, -0.15) is 0 Å². The molecule has 0 atom stereocenters. The van der Waals surface area contributed by atoms with Crippen LogP contribution in [0.25, 0.3) is 0 Å². The number of hydrogen-bond donors (Lipinski definition) is 0. The molecule has 8 nitrogen and oxygen atoms in total. The van der Waals surface area contributed by atoms with E-state index in [1.807, 2.05) is 12.1 Å². The lowest BCUT2D eigenvalue weighted by Crippen LogP contribution is -2.19. The Morgan fingerprint density at radius 2 is 1.43 bits per heavy atom. The molecule has 1 rings (SSSR count). The van der Waals surface area contributed by atoms with Crippen molar-refractivity contribution in [3.05, 3.63) is 55.6 Å². The Kier molecular flexibility index (Phi) is 5.45. The lowest BCUT2D eigenvalue weighted by atomic mass is 9.86. The van der Waals surface area contributed by atoms with Crippen molar-refractivity contribution < 1.29 is 19.8 Å². The van der Waals surface area contributed by atoms with Gasteiger partial charge in [-0.3, -0.25) is 0 Å². The monoisotopic (exact) mass is 298 g/mol. The summed E-state index contributed by atoms with van der Waals surface area (Å²) in [7, 11) is 0. The maximum Gasteiger partial charge on any atom is 0.294 e. The molecule has 0 saturated heterocycles. The largest absolute Gasteiger partial charge is 0.313 e. The van der Waals surface area contributed by atoms with E-state index < -0.39 is 16.1 Å². The van der Waals surface area contributed by atoms with Crippen LogP contribution in [0.3, 0.4) is 0 Å². The van der Waals surface area contributed by atoms with Crippen LogP contribution in [-0.4, -0.2) is 23.4 Å². The van der Waals surface area contributed by atoms with Crippen LogP contribution < -0.4 is 0 Å². The van der Waals surface area contributed by atoms with Gasteiger partial charge in [0.15, 0.2) is 0 Å². The summed E-state index contributed by atoms with van der Waals surface area (Å²) in [4.78, 5) is 29.2. The maximum atomic E-state index is 10.3. The molecule has 1 aromatic rings. The maximum absolute atomic E-state index is 10.3. The third-order valence-electron chi connectivity index (χ3n) is 3.01. The van der Waals surface area contributed by atoms with E-state index in [0.717, 1.165) is 5.56 Å². The van der Waals surface area contributed by atoms with Gasteiger partial charge in [-0.25, -0.2) is 0 Å². The molecule has 0 aliphatic carbocycles. The number of rotatable bonds is 7. The van der Waals surface area contributed by atoms with Gasteiger partial charge >= 0.3 is 0 Å². The first-order valence-corrected chi connectivity index (χ1v) is 6.35. The molecule has 0 unspecified atom stereocenters. The van der Waals surface area contributed by atoms with Gasteiger partial charge < -0.3 is 9.68 Å². The third-order valence-corrected chi connectivity index (χ3v) is 3.01. The van der Waals surface area contributed by atoms with Gasteiger partial charge in [0, 0.05) is 5.92 Å². The molecule has 0 bridgehead atoms. The van der Waals surface area contributed by atoms with Crippen molar-refractivity contribution >= 4 is 0 Å². The van der Waals surface area contributed by atoms with E-state index in [9.17, 15) is 20.2 Å². The molecular formula is C13H18N2O6. The fraction of sp³-hybridized carbons (Fsp3) is 0.538. The number of nitrogens with zero attached hydrogens (tertiary/aromatic N) is 2. The summed E-state index contributed by atoms with van der Waals surface area (Å²) in [5, 5.41) is 18.7. The van der Waals surface area contributed by atoms with Gasteiger partial charge in [-0.1, -0.05) is 45.0 Å². The zero-order chi connectivity index (χ0) is 16.0. The SMILES string of the molecule is CC(C)(C)c1ccc(C(CO[N+](=O)[O-])CO[N+](=O)[O-])cc1. The van der Waals surface area contributed by atoms with Gasteiger partial charge in [0.25, 0.3) is 10.2 Å². The van der Waals surface area contributed by atoms with Crippen LogP contribution >= 0.6 is 0 Å². The van der Waals surface area contributed by atoms with Crippen molar-refractivity contribution in [3.63, 3.8) is 0 Å². The molecule has 0 saturated carbocycles. The first-order valence-electron chi connectivity index (χ1n) is 6.35. The predicted molar refractivity (Wildman–Crippen MR) is 73.8 cm³/mol. The molecular weight excluding hydrogens is 280 g/mol. The van der Waals surface area contributed by atoms with Crippen LogP contribution in [0.5, 0.6) is 0 Å². The van der Waals surface area contributed by atoms with E-state index in [2.05, 4.69) is 30.4 Å². The van der Waals surface area contributed by atoms with Crippen molar-refractivity contribution in [2.24, 2.45) is 0 Å². The summed E-state index contributed by atoms with van der Waals surface area (Å²) >= 11 is 0. The molecule has 1 aromatic carbocycles. The molecule has 0 spiro atoms. The average Bonchev–Trinajstić information content (AvgIpc) is 2.37. The molecule has 116 valence electrons. The predicted octanol–water partition coefficient (Wildman–Crippen LogP) is 2.48. The smallest absolute Gasteiger partial charge is 0.294 e. The molecule has 0 N–H and O–H groups in total. The lowest BCUT2D eigenvalue weighted by molar-refractivity contribution is -0.767. The molecule has 0 radical (unpaired) electrons. The molecule has 0 aliphatic rings. The number of benzene rings is 1. The van der Waals surface area contributed by atoms with Crippen molar-refractivity contribution in [1.29, 1.82) is 0 Å². The fourth-order valence-corrected chi connectivity index (χ4v) is 1.80. The molecule has 0 heterocycles. The number of hydrogen-bond acceptors (Lipinski definition) is 6. The first-order chi connectivity index (χ1) is 9.70. The third kappa shape index (κ3) is 5.64. The normalized spacial score (nSPS) is 11.2. The Labute approximate surface area is 121 Å². The second kappa shape index (κ2) is 6.87. The molecule has 0 amide bonds. The minimum absolute atomic E-state index is 0.0251. The van der Waals surface area contributed by atoms with Crippen LogP contribution in [0.15, 0.2) is 24.3 Å². The summed E-state index contributed by atoms with van der Waals surface area (Å²) in [6.07, 6.45) is 0. The summed E-state index contributed by atoms with van der Waals surface area (Å²) < 4.78 is 0. The quantitative estimate of drug-likeness (QED) is 0.565. The average molecular weight is 298 g/mol. The molecule has 0 fully saturated rings. The van der Waals surface area contributed by atoms with Gasteiger partial charge in [0.1, 0.15) is 13.2 Å². The second-order valence-corrected chi connectivity index (χ2v) is 5.61. The highest BCUT2D eigenvalue weighted by Gasteiger charge is 2.18. The van der Waals surface area contributed by atoms with Gasteiger partial charge in [0.2, 0.25) is 0 Å². The highest BCUT2D eigenvalue weighted by Crippen LogP contribution is 2.25. The van der Waals surface area contributed by atoms with Gasteiger partial charge in [-0.15, -0.1) is 20.2 Å². The minimum atomic E-state index is -0.928. The topological polar surface area (TPSA) is 105 Å². The standard InChI is InChI=1S/C13H18N2O6/c1-13(2,3)12-6-4-10(5-7-12)11(8-20-14(16)17)9-21-15(18)19/h4-7,11H,8-9H2,1-3H3. The summed E-state index contributed by atoms with van der Waals surface area (Å²) in [5.74, 6) is -0.588. The van der Waals surface area contributed by atoms with Gasteiger partial charge in [0.05, 0.1) is 0 Å². The van der Waals surface area contributed by atoms with E-state index in [1.54, 1.807) is 12.1 Å². The highest BCUT2D eigenvalue weighted by molar-refractivity contribution is 5.29. The van der Waals surface area contributed by atoms with E-state index in [-0.39, 0.29) is 18.6 Å². The summed E-state index contributed by atoms with van der Waals surface area (Å²) in [6, 6.07) is 7.33. The second-order valence-electron chi connectivity index (χ2n) is 5.61. The van der Waals surface area contributed by atoms with Crippen LogP contribution in [0.1, 0.15) is 37.8 Å². The zero-order valence-electron chi connectivity index (χ0n) is 12.1.